The van der Waals surface area contributed by atoms with Crippen molar-refractivity contribution in [3.8, 4) is 0 Å². The zero-order valence-electron chi connectivity index (χ0n) is 20.4. The summed E-state index contributed by atoms with van der Waals surface area (Å²) in [5.41, 5.74) is 1.06. The molecule has 0 bridgehead atoms. The third-order valence-electron chi connectivity index (χ3n) is 6.26. The number of rotatable bonds is 5. The Morgan fingerprint density at radius 2 is 1.40 bits per heavy atom. The summed E-state index contributed by atoms with van der Waals surface area (Å²) in [6.45, 7) is 6.27. The lowest BCUT2D eigenvalue weighted by atomic mass is 9.96. The molecule has 8 nitrogen and oxygen atoms in total. The van der Waals surface area contributed by atoms with Gasteiger partial charge in [-0.3, -0.25) is 4.90 Å². The average Bonchev–Trinajstić information content (AvgIpc) is 3.41. The number of amides is 2. The van der Waals surface area contributed by atoms with Gasteiger partial charge in [-0.15, -0.1) is 0 Å². The average molecular weight is 481 g/mol. The van der Waals surface area contributed by atoms with Crippen LogP contribution < -0.4 is 0 Å². The molecule has 8 heteroatoms. The van der Waals surface area contributed by atoms with Crippen LogP contribution in [0, 0.1) is 5.92 Å². The Labute approximate surface area is 205 Å². The first-order chi connectivity index (χ1) is 16.7. The van der Waals surface area contributed by atoms with Gasteiger partial charge >= 0.3 is 18.2 Å². The first-order valence-electron chi connectivity index (χ1n) is 11.9. The molecule has 4 rings (SSSR count). The summed E-state index contributed by atoms with van der Waals surface area (Å²) in [6, 6.07) is 17.5. The molecule has 2 saturated heterocycles. The summed E-state index contributed by atoms with van der Waals surface area (Å²) in [6.07, 6.45) is -0.479. The quantitative estimate of drug-likeness (QED) is 0.467. The molecule has 2 fully saturated rings. The maximum absolute atomic E-state index is 13.2. The summed E-state index contributed by atoms with van der Waals surface area (Å²) in [7, 11) is 0. The van der Waals surface area contributed by atoms with Crippen LogP contribution in [0.2, 0.25) is 0 Å². The van der Waals surface area contributed by atoms with Crippen molar-refractivity contribution in [3.63, 3.8) is 0 Å². The van der Waals surface area contributed by atoms with Crippen molar-refractivity contribution in [1.82, 2.24) is 9.80 Å². The first kappa shape index (κ1) is 24.6. The molecule has 2 aromatic carbocycles. The van der Waals surface area contributed by atoms with Crippen molar-refractivity contribution in [2.75, 3.05) is 13.1 Å². The van der Waals surface area contributed by atoms with E-state index >= 15 is 0 Å². The molecule has 0 unspecified atom stereocenters. The fraction of sp³-hybridized carbons (Fsp3) is 0.444. The van der Waals surface area contributed by atoms with Crippen LogP contribution in [0.25, 0.3) is 0 Å². The predicted molar refractivity (Wildman–Crippen MR) is 128 cm³/mol. The smallest absolute Gasteiger partial charge is 0.410 e. The van der Waals surface area contributed by atoms with Crippen LogP contribution in [0.3, 0.4) is 0 Å². The highest BCUT2D eigenvalue weighted by Crippen LogP contribution is 2.38. The van der Waals surface area contributed by atoms with Gasteiger partial charge in [-0.05, 0) is 38.3 Å². The molecule has 0 aromatic heterocycles. The van der Waals surface area contributed by atoms with Crippen LogP contribution in [0.5, 0.6) is 0 Å². The normalized spacial score (nSPS) is 21.4. The van der Waals surface area contributed by atoms with E-state index in [1.165, 1.54) is 4.90 Å². The van der Waals surface area contributed by atoms with Gasteiger partial charge in [-0.2, -0.15) is 0 Å². The van der Waals surface area contributed by atoms with E-state index in [2.05, 4.69) is 0 Å². The van der Waals surface area contributed by atoms with Crippen LogP contribution in [0.1, 0.15) is 38.3 Å². The molecule has 2 aliphatic rings. The SMILES string of the molecule is CC(C)(C)OC(=O)N1CC[C@H]2[C@@H]1CN(C(=O)OCc1ccccc1)[C@H]2C(=O)OCc1ccccc1. The van der Waals surface area contributed by atoms with Gasteiger partial charge in [0.05, 0.1) is 6.04 Å². The second kappa shape index (κ2) is 10.4. The number of hydrogen-bond donors (Lipinski definition) is 0. The molecule has 2 aliphatic heterocycles. The number of benzene rings is 2. The second-order valence-electron chi connectivity index (χ2n) is 9.92. The Hall–Kier alpha value is -3.55. The Morgan fingerprint density at radius 3 is 1.97 bits per heavy atom. The van der Waals surface area contributed by atoms with Crippen LogP contribution in [-0.4, -0.2) is 58.7 Å². The van der Waals surface area contributed by atoms with Gasteiger partial charge in [0.1, 0.15) is 24.9 Å². The maximum atomic E-state index is 13.2. The predicted octanol–water partition coefficient (Wildman–Crippen LogP) is 4.38. The standard InChI is InChI=1S/C27H32N2O6/c1-27(2,3)35-26(32)28-15-14-21-22(28)16-29(25(31)34-18-20-12-8-5-9-13-20)23(21)24(30)33-17-19-10-6-4-7-11-19/h4-13,21-23H,14-18H2,1-3H3/t21-,22-,23+/m0/s1. The molecule has 0 N–H and O–H groups in total. The molecule has 0 aliphatic carbocycles. The van der Waals surface area contributed by atoms with E-state index < -0.39 is 29.8 Å². The lowest BCUT2D eigenvalue weighted by molar-refractivity contribution is -0.151. The number of likely N-dealkylation sites (tertiary alicyclic amines) is 2. The van der Waals surface area contributed by atoms with E-state index in [-0.39, 0.29) is 31.7 Å². The van der Waals surface area contributed by atoms with Crippen LogP contribution in [0.4, 0.5) is 9.59 Å². The number of carbonyl (C=O) groups is 3. The molecule has 0 saturated carbocycles. The fourth-order valence-corrected chi connectivity index (χ4v) is 4.68. The maximum Gasteiger partial charge on any atom is 0.410 e. The topological polar surface area (TPSA) is 85.4 Å². The van der Waals surface area contributed by atoms with Crippen molar-refractivity contribution in [1.29, 1.82) is 0 Å². The van der Waals surface area contributed by atoms with Crippen molar-refractivity contribution in [2.24, 2.45) is 5.92 Å². The Kier molecular flexibility index (Phi) is 7.28. The Morgan fingerprint density at radius 1 is 0.829 bits per heavy atom. The third kappa shape index (κ3) is 5.93. The second-order valence-corrected chi connectivity index (χ2v) is 9.92. The van der Waals surface area contributed by atoms with Gasteiger partial charge in [0.25, 0.3) is 0 Å². The lowest BCUT2D eigenvalue weighted by Crippen LogP contribution is -2.45. The van der Waals surface area contributed by atoms with Crippen LogP contribution in [0.15, 0.2) is 60.7 Å². The van der Waals surface area contributed by atoms with E-state index in [1.807, 2.05) is 81.4 Å². The number of nitrogens with zero attached hydrogens (tertiary/aromatic N) is 2. The molecule has 0 spiro atoms. The molecule has 186 valence electrons. The van der Waals surface area contributed by atoms with Crippen molar-refractivity contribution in [3.05, 3.63) is 71.8 Å². The summed E-state index contributed by atoms with van der Waals surface area (Å²) in [5, 5.41) is 0. The fourth-order valence-electron chi connectivity index (χ4n) is 4.68. The molecule has 2 heterocycles. The third-order valence-corrected chi connectivity index (χ3v) is 6.26. The highest BCUT2D eigenvalue weighted by molar-refractivity contribution is 5.83. The van der Waals surface area contributed by atoms with E-state index in [0.717, 1.165) is 11.1 Å². The molecule has 3 atom stereocenters. The number of carbonyl (C=O) groups excluding carboxylic acids is 3. The monoisotopic (exact) mass is 480 g/mol. The minimum atomic E-state index is -0.834. The summed E-state index contributed by atoms with van der Waals surface area (Å²) < 4.78 is 16.7. The summed E-state index contributed by atoms with van der Waals surface area (Å²) in [4.78, 5) is 42.2. The summed E-state index contributed by atoms with van der Waals surface area (Å²) in [5.74, 6) is -0.751. The van der Waals surface area contributed by atoms with E-state index in [0.29, 0.717) is 13.0 Å². The molecular formula is C27H32N2O6. The van der Waals surface area contributed by atoms with E-state index in [9.17, 15) is 14.4 Å². The minimum Gasteiger partial charge on any atom is -0.459 e. The molecule has 35 heavy (non-hydrogen) atoms. The molecule has 0 radical (unpaired) electrons. The van der Waals surface area contributed by atoms with E-state index in [4.69, 9.17) is 14.2 Å². The van der Waals surface area contributed by atoms with Crippen LogP contribution in [-0.2, 0) is 32.2 Å². The number of esters is 1. The number of fused-ring (bicyclic) bond motifs is 1. The lowest BCUT2D eigenvalue weighted by Gasteiger charge is -2.28. The van der Waals surface area contributed by atoms with Gasteiger partial charge in [0.15, 0.2) is 0 Å². The zero-order chi connectivity index (χ0) is 25.0. The van der Waals surface area contributed by atoms with Gasteiger partial charge < -0.3 is 19.1 Å². The van der Waals surface area contributed by atoms with Gasteiger partial charge in [-0.1, -0.05) is 60.7 Å². The van der Waals surface area contributed by atoms with Crippen molar-refractivity contribution >= 4 is 18.2 Å². The number of ether oxygens (including phenoxy) is 3. The zero-order valence-corrected chi connectivity index (χ0v) is 20.4. The Bertz CT molecular complexity index is 1040. The van der Waals surface area contributed by atoms with Crippen molar-refractivity contribution < 1.29 is 28.6 Å². The highest BCUT2D eigenvalue weighted by Gasteiger charge is 2.55. The Balaban J connectivity index is 1.49. The molecule has 2 aromatic rings. The first-order valence-corrected chi connectivity index (χ1v) is 11.9. The summed E-state index contributed by atoms with van der Waals surface area (Å²) >= 11 is 0. The highest BCUT2D eigenvalue weighted by atomic mass is 16.6. The van der Waals surface area contributed by atoms with Gasteiger partial charge in [-0.25, -0.2) is 14.4 Å². The minimum absolute atomic E-state index is 0.0903. The van der Waals surface area contributed by atoms with E-state index in [1.54, 1.807) is 4.90 Å². The van der Waals surface area contributed by atoms with Gasteiger partial charge in [0.2, 0.25) is 0 Å². The van der Waals surface area contributed by atoms with Gasteiger partial charge in [0, 0.05) is 19.0 Å². The molecule has 2 amide bonds. The molecular weight excluding hydrogens is 448 g/mol. The van der Waals surface area contributed by atoms with Crippen LogP contribution >= 0.6 is 0 Å². The number of hydrogen-bond acceptors (Lipinski definition) is 6. The largest absolute Gasteiger partial charge is 0.459 e. The van der Waals surface area contributed by atoms with Crippen molar-refractivity contribution in [2.45, 2.75) is 58.1 Å².